The summed E-state index contributed by atoms with van der Waals surface area (Å²) in [7, 11) is -3.84. The molecule has 2 aromatic rings. The molecule has 2 N–H and O–H groups in total. The lowest BCUT2D eigenvalue weighted by atomic mass is 10.1. The number of nitrogens with zero attached hydrogens (tertiary/aromatic N) is 2. The van der Waals surface area contributed by atoms with Gasteiger partial charge in [-0.05, 0) is 44.0 Å². The number of benzene rings is 2. The first-order chi connectivity index (χ1) is 13.3. The second kappa shape index (κ2) is 8.43. The van der Waals surface area contributed by atoms with Gasteiger partial charge < -0.3 is 4.90 Å². The number of nitrogens with two attached hydrogens (primary N) is 1. The van der Waals surface area contributed by atoms with Crippen LogP contribution in [0.3, 0.4) is 0 Å². The highest BCUT2D eigenvalue weighted by Gasteiger charge is 2.32. The van der Waals surface area contributed by atoms with Gasteiger partial charge in [-0.1, -0.05) is 36.4 Å². The molecule has 0 bridgehead atoms. The third kappa shape index (κ3) is 4.43. The molecular weight excluding hydrogens is 374 g/mol. The van der Waals surface area contributed by atoms with Crippen LogP contribution in [-0.2, 0) is 10.0 Å². The summed E-state index contributed by atoms with van der Waals surface area (Å²) in [6.07, 6.45) is 0.894. The molecule has 1 saturated heterocycles. The number of sulfonamides is 1. The fraction of sp³-hybridized carbons (Fsp3) is 0.381. The molecule has 2 atom stereocenters. The fourth-order valence-electron chi connectivity index (χ4n) is 3.86. The fourth-order valence-corrected chi connectivity index (χ4v) is 4.42. The van der Waals surface area contributed by atoms with E-state index in [-0.39, 0.29) is 22.9 Å². The van der Waals surface area contributed by atoms with Crippen molar-refractivity contribution in [2.45, 2.75) is 37.2 Å². The van der Waals surface area contributed by atoms with Gasteiger partial charge in [-0.3, -0.25) is 9.69 Å². The van der Waals surface area contributed by atoms with Crippen LogP contribution in [0.4, 0.5) is 0 Å². The van der Waals surface area contributed by atoms with E-state index in [2.05, 4.69) is 24.0 Å². The van der Waals surface area contributed by atoms with E-state index < -0.39 is 10.0 Å². The molecule has 28 heavy (non-hydrogen) atoms. The zero-order chi connectivity index (χ0) is 20.3. The predicted molar refractivity (Wildman–Crippen MR) is 109 cm³/mol. The van der Waals surface area contributed by atoms with Crippen LogP contribution in [0.15, 0.2) is 59.5 Å². The van der Waals surface area contributed by atoms with E-state index in [1.54, 1.807) is 12.1 Å². The van der Waals surface area contributed by atoms with E-state index in [0.29, 0.717) is 12.1 Å². The highest BCUT2D eigenvalue weighted by atomic mass is 32.2. The Morgan fingerprint density at radius 1 is 1.21 bits per heavy atom. The average Bonchev–Trinajstić information content (AvgIpc) is 3.18. The Bertz CT molecular complexity index is 931. The van der Waals surface area contributed by atoms with E-state index in [0.717, 1.165) is 19.5 Å². The minimum Gasteiger partial charge on any atom is -0.335 e. The maximum absolute atomic E-state index is 13.1. The molecule has 0 unspecified atom stereocenters. The van der Waals surface area contributed by atoms with E-state index >= 15 is 0 Å². The molecule has 7 heteroatoms. The largest absolute Gasteiger partial charge is 0.335 e. The molecular formula is C21H27N3O3S. The minimum atomic E-state index is -3.84. The topological polar surface area (TPSA) is 83.7 Å². The third-order valence-corrected chi connectivity index (χ3v) is 6.39. The summed E-state index contributed by atoms with van der Waals surface area (Å²) in [5.41, 5.74) is 1.61. The van der Waals surface area contributed by atoms with Crippen LogP contribution in [0.2, 0.25) is 0 Å². The molecule has 1 fully saturated rings. The first kappa shape index (κ1) is 20.5. The van der Waals surface area contributed by atoms with Gasteiger partial charge in [-0.15, -0.1) is 0 Å². The van der Waals surface area contributed by atoms with Gasteiger partial charge >= 0.3 is 0 Å². The molecule has 1 aliphatic heterocycles. The normalized spacial score (nSPS) is 18.8. The predicted octanol–water partition coefficient (Wildman–Crippen LogP) is 2.63. The van der Waals surface area contributed by atoms with E-state index in [4.69, 9.17) is 5.14 Å². The summed E-state index contributed by atoms with van der Waals surface area (Å²) in [4.78, 5) is 17.2. The lowest BCUT2D eigenvalue weighted by Gasteiger charge is -2.30. The molecule has 0 spiro atoms. The minimum absolute atomic E-state index is 0.0415. The first-order valence-electron chi connectivity index (χ1n) is 9.54. The van der Waals surface area contributed by atoms with E-state index in [1.165, 1.54) is 17.7 Å². The van der Waals surface area contributed by atoms with E-state index in [9.17, 15) is 13.2 Å². The van der Waals surface area contributed by atoms with Crippen LogP contribution in [0.1, 0.15) is 42.2 Å². The summed E-state index contributed by atoms with van der Waals surface area (Å²) < 4.78 is 23.2. The second-order valence-corrected chi connectivity index (χ2v) is 8.75. The van der Waals surface area contributed by atoms with Crippen LogP contribution in [0.25, 0.3) is 0 Å². The van der Waals surface area contributed by atoms with Crippen molar-refractivity contribution in [3.05, 3.63) is 65.7 Å². The number of rotatable bonds is 6. The molecule has 1 aliphatic rings. The number of hydrogen-bond donors (Lipinski definition) is 1. The molecule has 0 radical (unpaired) electrons. The van der Waals surface area contributed by atoms with Crippen molar-refractivity contribution >= 4 is 15.9 Å². The van der Waals surface area contributed by atoms with Gasteiger partial charge in [0.05, 0.1) is 4.90 Å². The van der Waals surface area contributed by atoms with Gasteiger partial charge in [-0.25, -0.2) is 13.6 Å². The number of carbonyl (C=O) groups is 1. The SMILES string of the molecule is CCN(C(=O)c1cccc(S(N)(=O)=O)c1)[C@@H]1CCN([C@@H](C)c2ccccc2)C1. The molecule has 0 aromatic heterocycles. The zero-order valence-electron chi connectivity index (χ0n) is 16.3. The summed E-state index contributed by atoms with van der Waals surface area (Å²) in [5.74, 6) is -0.160. The molecule has 0 aliphatic carbocycles. The maximum atomic E-state index is 13.1. The quantitative estimate of drug-likeness (QED) is 0.806. The van der Waals surface area contributed by atoms with Crippen molar-refractivity contribution in [3.8, 4) is 0 Å². The molecule has 1 heterocycles. The summed E-state index contributed by atoms with van der Waals surface area (Å²) in [6, 6.07) is 16.7. The van der Waals surface area contributed by atoms with Crippen molar-refractivity contribution in [3.63, 3.8) is 0 Å². The van der Waals surface area contributed by atoms with Crippen LogP contribution in [0.5, 0.6) is 0 Å². The van der Waals surface area contributed by atoms with E-state index in [1.807, 2.05) is 30.0 Å². The Morgan fingerprint density at radius 3 is 2.57 bits per heavy atom. The second-order valence-electron chi connectivity index (χ2n) is 7.19. The summed E-state index contributed by atoms with van der Waals surface area (Å²) in [5, 5.41) is 5.20. The lowest BCUT2D eigenvalue weighted by Crippen LogP contribution is -2.42. The van der Waals surface area contributed by atoms with Crippen LogP contribution in [-0.4, -0.2) is 49.8 Å². The van der Waals surface area contributed by atoms with Crippen molar-refractivity contribution in [2.24, 2.45) is 5.14 Å². The highest BCUT2D eigenvalue weighted by molar-refractivity contribution is 7.89. The Morgan fingerprint density at radius 2 is 1.93 bits per heavy atom. The summed E-state index contributed by atoms with van der Waals surface area (Å²) >= 11 is 0. The Labute approximate surface area is 167 Å². The van der Waals surface area contributed by atoms with Crippen LogP contribution >= 0.6 is 0 Å². The van der Waals surface area contributed by atoms with Gasteiger partial charge in [0.1, 0.15) is 0 Å². The Kier molecular flexibility index (Phi) is 6.17. The molecule has 6 nitrogen and oxygen atoms in total. The number of likely N-dealkylation sites (tertiary alicyclic amines) is 1. The van der Waals surface area contributed by atoms with Crippen molar-refractivity contribution in [2.75, 3.05) is 19.6 Å². The third-order valence-electron chi connectivity index (χ3n) is 5.48. The van der Waals surface area contributed by atoms with Crippen LogP contribution in [0, 0.1) is 0 Å². The monoisotopic (exact) mass is 401 g/mol. The Hall–Kier alpha value is -2.22. The molecule has 1 amide bonds. The van der Waals surface area contributed by atoms with Gasteiger partial charge in [0.2, 0.25) is 10.0 Å². The molecule has 3 rings (SSSR count). The number of primary sulfonamides is 1. The molecule has 0 saturated carbocycles. The number of hydrogen-bond acceptors (Lipinski definition) is 4. The molecule has 150 valence electrons. The Balaban J connectivity index is 1.74. The van der Waals surface area contributed by atoms with Crippen LogP contribution < -0.4 is 5.14 Å². The standard InChI is InChI=1S/C21H27N3O3S/c1-3-24(21(25)18-10-7-11-20(14-18)28(22,26)27)19-12-13-23(15-19)16(2)17-8-5-4-6-9-17/h4-11,14,16,19H,3,12-13,15H2,1-2H3,(H2,22,26,27)/t16-,19+/m0/s1. The van der Waals surface area contributed by atoms with Gasteiger partial charge in [0.25, 0.3) is 5.91 Å². The summed E-state index contributed by atoms with van der Waals surface area (Å²) in [6.45, 7) is 6.42. The number of amides is 1. The first-order valence-corrected chi connectivity index (χ1v) is 11.1. The highest BCUT2D eigenvalue weighted by Crippen LogP contribution is 2.27. The van der Waals surface area contributed by atoms with Crippen molar-refractivity contribution in [1.82, 2.24) is 9.80 Å². The average molecular weight is 402 g/mol. The van der Waals surface area contributed by atoms with Gasteiger partial charge in [0.15, 0.2) is 0 Å². The maximum Gasteiger partial charge on any atom is 0.254 e. The smallest absolute Gasteiger partial charge is 0.254 e. The lowest BCUT2D eigenvalue weighted by molar-refractivity contribution is 0.0689. The van der Waals surface area contributed by atoms with Crippen molar-refractivity contribution in [1.29, 1.82) is 0 Å². The number of carbonyl (C=O) groups excluding carboxylic acids is 1. The van der Waals surface area contributed by atoms with Gasteiger partial charge in [-0.2, -0.15) is 0 Å². The number of likely N-dealkylation sites (N-methyl/N-ethyl adjacent to an activating group) is 1. The van der Waals surface area contributed by atoms with Crippen molar-refractivity contribution < 1.29 is 13.2 Å². The van der Waals surface area contributed by atoms with Gasteiger partial charge in [0, 0.05) is 37.3 Å². The zero-order valence-corrected chi connectivity index (χ0v) is 17.1. The molecule has 2 aromatic carbocycles.